The Bertz CT molecular complexity index is 823. The second-order valence-electron chi connectivity index (χ2n) is 7.40. The largest absolute Gasteiger partial charge is 0.492 e. The van der Waals surface area contributed by atoms with Crippen LogP contribution in [0.4, 0.5) is 4.39 Å². The fourth-order valence-corrected chi connectivity index (χ4v) is 3.95. The number of nitrogens with zero attached hydrogens (tertiary/aromatic N) is 2. The van der Waals surface area contributed by atoms with Crippen molar-refractivity contribution in [2.75, 3.05) is 39.3 Å². The van der Waals surface area contributed by atoms with Crippen LogP contribution in [0.3, 0.4) is 0 Å². The number of hydrogen-bond donors (Lipinski definition) is 0. The van der Waals surface area contributed by atoms with Crippen molar-refractivity contribution < 1.29 is 9.13 Å². The van der Waals surface area contributed by atoms with Gasteiger partial charge in [-0.15, -0.1) is 0 Å². The van der Waals surface area contributed by atoms with Crippen LogP contribution < -0.4 is 4.74 Å². The Kier molecular flexibility index (Phi) is 6.55. The van der Waals surface area contributed by atoms with Crippen LogP contribution in [0.15, 0.2) is 84.9 Å². The summed E-state index contributed by atoms with van der Waals surface area (Å²) in [6, 6.07) is 28.0. The van der Waals surface area contributed by atoms with Gasteiger partial charge in [0.1, 0.15) is 18.2 Å². The minimum atomic E-state index is -0.236. The van der Waals surface area contributed by atoms with Crippen LogP contribution in [-0.2, 0) is 0 Å². The molecule has 0 aliphatic carbocycles. The van der Waals surface area contributed by atoms with Gasteiger partial charge in [-0.05, 0) is 35.4 Å². The molecule has 0 atom stereocenters. The molecule has 1 aliphatic rings. The van der Waals surface area contributed by atoms with Crippen molar-refractivity contribution in [3.05, 3.63) is 102 Å². The molecule has 0 unspecified atom stereocenters. The topological polar surface area (TPSA) is 15.7 Å². The summed E-state index contributed by atoms with van der Waals surface area (Å²) in [5.41, 5.74) is 2.68. The molecule has 1 fully saturated rings. The molecular formula is C25H27FN2O. The SMILES string of the molecule is Fc1ccc(OCCN2CCN(C(c3ccccc3)c3ccccc3)CC2)cc1. The highest BCUT2D eigenvalue weighted by Gasteiger charge is 2.26. The Morgan fingerprint density at radius 3 is 1.83 bits per heavy atom. The normalized spacial score (nSPS) is 15.5. The molecular weight excluding hydrogens is 363 g/mol. The lowest BCUT2D eigenvalue weighted by Crippen LogP contribution is -2.48. The molecule has 150 valence electrons. The van der Waals surface area contributed by atoms with E-state index in [2.05, 4.69) is 70.5 Å². The van der Waals surface area contributed by atoms with Crippen LogP contribution in [0, 0.1) is 5.82 Å². The predicted octanol–water partition coefficient (Wildman–Crippen LogP) is 4.61. The molecule has 0 aromatic heterocycles. The van der Waals surface area contributed by atoms with Gasteiger partial charge in [-0.25, -0.2) is 4.39 Å². The summed E-state index contributed by atoms with van der Waals surface area (Å²) in [7, 11) is 0. The minimum absolute atomic E-state index is 0.236. The molecule has 1 heterocycles. The Labute approximate surface area is 172 Å². The molecule has 1 aliphatic heterocycles. The summed E-state index contributed by atoms with van der Waals surface area (Å²) in [6.07, 6.45) is 0. The van der Waals surface area contributed by atoms with E-state index < -0.39 is 0 Å². The number of piperazine rings is 1. The van der Waals surface area contributed by atoms with Crippen molar-refractivity contribution in [2.24, 2.45) is 0 Å². The van der Waals surface area contributed by atoms with Gasteiger partial charge in [-0.2, -0.15) is 0 Å². The monoisotopic (exact) mass is 390 g/mol. The third-order valence-electron chi connectivity index (χ3n) is 5.49. The van der Waals surface area contributed by atoms with Gasteiger partial charge >= 0.3 is 0 Å². The zero-order valence-electron chi connectivity index (χ0n) is 16.6. The smallest absolute Gasteiger partial charge is 0.123 e. The third-order valence-corrected chi connectivity index (χ3v) is 5.49. The lowest BCUT2D eigenvalue weighted by atomic mass is 9.96. The van der Waals surface area contributed by atoms with Gasteiger partial charge in [0.25, 0.3) is 0 Å². The lowest BCUT2D eigenvalue weighted by molar-refractivity contribution is 0.0977. The summed E-state index contributed by atoms with van der Waals surface area (Å²) < 4.78 is 18.7. The lowest BCUT2D eigenvalue weighted by Gasteiger charge is -2.39. The standard InChI is InChI=1S/C25H27FN2O/c26-23-11-13-24(14-12-23)29-20-19-27-15-17-28(18-16-27)25(21-7-3-1-4-8-21)22-9-5-2-6-10-22/h1-14,25H,15-20H2. The zero-order valence-corrected chi connectivity index (χ0v) is 16.6. The maximum absolute atomic E-state index is 13.0. The van der Waals surface area contributed by atoms with E-state index in [1.807, 2.05) is 0 Å². The van der Waals surface area contributed by atoms with Crippen LogP contribution in [0.2, 0.25) is 0 Å². The van der Waals surface area contributed by atoms with Gasteiger partial charge in [0.05, 0.1) is 6.04 Å². The van der Waals surface area contributed by atoms with E-state index in [-0.39, 0.29) is 11.9 Å². The molecule has 3 aromatic carbocycles. The highest BCUT2D eigenvalue weighted by atomic mass is 19.1. The number of rotatable bonds is 7. The first kappa shape index (κ1) is 19.6. The van der Waals surface area contributed by atoms with Crippen LogP contribution in [0.25, 0.3) is 0 Å². The molecule has 0 spiro atoms. The Hall–Kier alpha value is -2.69. The highest BCUT2D eigenvalue weighted by Crippen LogP contribution is 2.29. The van der Waals surface area contributed by atoms with Gasteiger partial charge in [0.2, 0.25) is 0 Å². The number of hydrogen-bond acceptors (Lipinski definition) is 3. The van der Waals surface area contributed by atoms with Crippen molar-refractivity contribution in [1.82, 2.24) is 9.80 Å². The van der Waals surface area contributed by atoms with E-state index >= 15 is 0 Å². The van der Waals surface area contributed by atoms with E-state index in [0.29, 0.717) is 6.61 Å². The molecule has 0 saturated carbocycles. The summed E-state index contributed by atoms with van der Waals surface area (Å²) in [6.45, 7) is 5.57. The molecule has 0 N–H and O–H groups in total. The molecule has 0 bridgehead atoms. The number of ether oxygens (including phenoxy) is 1. The van der Waals surface area contributed by atoms with Crippen LogP contribution >= 0.6 is 0 Å². The molecule has 4 rings (SSSR count). The van der Waals surface area contributed by atoms with Gasteiger partial charge in [-0.3, -0.25) is 9.80 Å². The van der Waals surface area contributed by atoms with Crippen molar-refractivity contribution in [3.8, 4) is 5.75 Å². The highest BCUT2D eigenvalue weighted by molar-refractivity contribution is 5.32. The van der Waals surface area contributed by atoms with Crippen molar-refractivity contribution in [2.45, 2.75) is 6.04 Å². The average molecular weight is 391 g/mol. The van der Waals surface area contributed by atoms with Gasteiger partial charge in [0, 0.05) is 32.7 Å². The third kappa shape index (κ3) is 5.22. The molecule has 1 saturated heterocycles. The summed E-state index contributed by atoms with van der Waals surface area (Å²) in [5, 5.41) is 0. The molecule has 0 radical (unpaired) electrons. The Balaban J connectivity index is 1.34. The predicted molar refractivity (Wildman–Crippen MR) is 115 cm³/mol. The van der Waals surface area contributed by atoms with E-state index in [1.54, 1.807) is 12.1 Å². The molecule has 3 nitrogen and oxygen atoms in total. The first-order chi connectivity index (χ1) is 14.3. The van der Waals surface area contributed by atoms with E-state index in [1.165, 1.54) is 23.3 Å². The van der Waals surface area contributed by atoms with Crippen molar-refractivity contribution in [1.29, 1.82) is 0 Å². The van der Waals surface area contributed by atoms with E-state index in [0.717, 1.165) is 38.5 Å². The van der Waals surface area contributed by atoms with Gasteiger partial charge in [-0.1, -0.05) is 60.7 Å². The van der Waals surface area contributed by atoms with Crippen LogP contribution in [-0.4, -0.2) is 49.1 Å². The Morgan fingerprint density at radius 1 is 0.724 bits per heavy atom. The Morgan fingerprint density at radius 2 is 1.28 bits per heavy atom. The number of halogens is 1. The maximum Gasteiger partial charge on any atom is 0.123 e. The summed E-state index contributed by atoms with van der Waals surface area (Å²) in [4.78, 5) is 5.01. The first-order valence-corrected chi connectivity index (χ1v) is 10.2. The van der Waals surface area contributed by atoms with Gasteiger partial charge < -0.3 is 4.74 Å². The maximum atomic E-state index is 13.0. The quantitative estimate of drug-likeness (QED) is 0.586. The van der Waals surface area contributed by atoms with Crippen molar-refractivity contribution >= 4 is 0 Å². The second kappa shape index (κ2) is 9.68. The summed E-state index contributed by atoms with van der Waals surface area (Å²) >= 11 is 0. The minimum Gasteiger partial charge on any atom is -0.492 e. The second-order valence-corrected chi connectivity index (χ2v) is 7.40. The first-order valence-electron chi connectivity index (χ1n) is 10.2. The zero-order chi connectivity index (χ0) is 19.9. The molecule has 4 heteroatoms. The number of benzene rings is 3. The summed E-state index contributed by atoms with van der Waals surface area (Å²) in [5.74, 6) is 0.484. The molecule has 0 amide bonds. The molecule has 3 aromatic rings. The van der Waals surface area contributed by atoms with Crippen LogP contribution in [0.1, 0.15) is 17.2 Å². The van der Waals surface area contributed by atoms with Crippen LogP contribution in [0.5, 0.6) is 5.75 Å². The fourth-order valence-electron chi connectivity index (χ4n) is 3.95. The van der Waals surface area contributed by atoms with E-state index in [9.17, 15) is 4.39 Å². The van der Waals surface area contributed by atoms with Gasteiger partial charge in [0.15, 0.2) is 0 Å². The average Bonchev–Trinajstić information content (AvgIpc) is 2.78. The fraction of sp³-hybridized carbons (Fsp3) is 0.280. The van der Waals surface area contributed by atoms with E-state index in [4.69, 9.17) is 4.74 Å². The molecule has 29 heavy (non-hydrogen) atoms. The van der Waals surface area contributed by atoms with Crippen molar-refractivity contribution in [3.63, 3.8) is 0 Å².